The first-order valence-electron chi connectivity index (χ1n) is 9.03. The van der Waals surface area contributed by atoms with E-state index in [1.165, 1.54) is 0 Å². The van der Waals surface area contributed by atoms with Gasteiger partial charge in [0.05, 0.1) is 19.3 Å². The molecule has 0 radical (unpaired) electrons. The summed E-state index contributed by atoms with van der Waals surface area (Å²) in [4.78, 5) is 31.2. The van der Waals surface area contributed by atoms with Crippen molar-refractivity contribution in [2.75, 3.05) is 52.5 Å². The van der Waals surface area contributed by atoms with Crippen LogP contribution in [0.5, 0.6) is 0 Å². The summed E-state index contributed by atoms with van der Waals surface area (Å²) in [6.45, 7) is 9.34. The lowest BCUT2D eigenvalue weighted by Gasteiger charge is -2.39. The first-order valence-corrected chi connectivity index (χ1v) is 9.03. The van der Waals surface area contributed by atoms with Crippen LogP contribution in [0.15, 0.2) is 24.3 Å². The van der Waals surface area contributed by atoms with Gasteiger partial charge in [0, 0.05) is 44.8 Å². The molecule has 25 heavy (non-hydrogen) atoms. The fourth-order valence-electron chi connectivity index (χ4n) is 3.48. The molecule has 1 atom stereocenters. The van der Waals surface area contributed by atoms with Crippen LogP contribution in [0.3, 0.4) is 0 Å². The van der Waals surface area contributed by atoms with Crippen LogP contribution in [0.1, 0.15) is 22.8 Å². The van der Waals surface area contributed by atoms with Crippen LogP contribution >= 0.6 is 0 Å². The topological polar surface area (TPSA) is 53.1 Å². The van der Waals surface area contributed by atoms with Gasteiger partial charge in [-0.1, -0.05) is 17.7 Å². The molecule has 2 saturated heterocycles. The van der Waals surface area contributed by atoms with Crippen LogP contribution in [0.4, 0.5) is 0 Å². The Morgan fingerprint density at radius 3 is 2.32 bits per heavy atom. The number of piperazine rings is 1. The maximum absolute atomic E-state index is 12.6. The third-order valence-corrected chi connectivity index (χ3v) is 5.09. The van der Waals surface area contributed by atoms with Gasteiger partial charge in [0.25, 0.3) is 5.91 Å². The van der Waals surface area contributed by atoms with Crippen LogP contribution < -0.4 is 0 Å². The van der Waals surface area contributed by atoms with E-state index in [9.17, 15) is 9.59 Å². The summed E-state index contributed by atoms with van der Waals surface area (Å²) >= 11 is 0. The molecule has 2 aliphatic heterocycles. The van der Waals surface area contributed by atoms with E-state index in [1.807, 2.05) is 47.9 Å². The van der Waals surface area contributed by atoms with E-state index in [0.29, 0.717) is 39.4 Å². The van der Waals surface area contributed by atoms with E-state index in [2.05, 4.69) is 4.90 Å². The van der Waals surface area contributed by atoms with Gasteiger partial charge in [0.2, 0.25) is 5.91 Å². The molecular formula is C19H27N3O3. The maximum Gasteiger partial charge on any atom is 0.253 e. The minimum Gasteiger partial charge on any atom is -0.378 e. The second-order valence-corrected chi connectivity index (χ2v) is 6.81. The number of carbonyl (C=O) groups excluding carboxylic acids is 2. The van der Waals surface area contributed by atoms with Crippen molar-refractivity contribution in [3.63, 3.8) is 0 Å². The Balaban J connectivity index is 1.54. The molecule has 0 N–H and O–H groups in total. The Bertz CT molecular complexity index is 620. The minimum atomic E-state index is -0.144. The van der Waals surface area contributed by atoms with E-state index in [4.69, 9.17) is 4.74 Å². The third kappa shape index (κ3) is 4.19. The number of morpholine rings is 1. The Kier molecular flexibility index (Phi) is 5.71. The van der Waals surface area contributed by atoms with Crippen molar-refractivity contribution in [2.24, 2.45) is 0 Å². The van der Waals surface area contributed by atoms with Gasteiger partial charge in [0.15, 0.2) is 0 Å². The average Bonchev–Trinajstić information content (AvgIpc) is 2.67. The van der Waals surface area contributed by atoms with Crippen molar-refractivity contribution in [1.82, 2.24) is 14.7 Å². The molecule has 0 aromatic heterocycles. The number of benzene rings is 1. The van der Waals surface area contributed by atoms with Gasteiger partial charge in [-0.05, 0) is 26.0 Å². The van der Waals surface area contributed by atoms with Crippen LogP contribution in [0.25, 0.3) is 0 Å². The zero-order valence-corrected chi connectivity index (χ0v) is 15.1. The van der Waals surface area contributed by atoms with Crippen LogP contribution in [0.2, 0.25) is 0 Å². The average molecular weight is 345 g/mol. The van der Waals surface area contributed by atoms with Gasteiger partial charge in [-0.3, -0.25) is 14.5 Å². The zero-order valence-electron chi connectivity index (χ0n) is 15.1. The van der Waals surface area contributed by atoms with Crippen LogP contribution in [-0.4, -0.2) is 85.0 Å². The summed E-state index contributed by atoms with van der Waals surface area (Å²) in [6.07, 6.45) is 0. The molecule has 1 aromatic carbocycles. The highest BCUT2D eigenvalue weighted by atomic mass is 16.5. The molecule has 0 aliphatic carbocycles. The number of amides is 2. The highest BCUT2D eigenvalue weighted by molar-refractivity contribution is 5.94. The van der Waals surface area contributed by atoms with Gasteiger partial charge in [-0.15, -0.1) is 0 Å². The summed E-state index contributed by atoms with van der Waals surface area (Å²) in [7, 11) is 0. The lowest BCUT2D eigenvalue weighted by Crippen LogP contribution is -2.56. The second-order valence-electron chi connectivity index (χ2n) is 6.81. The molecular weight excluding hydrogens is 318 g/mol. The van der Waals surface area contributed by atoms with Gasteiger partial charge < -0.3 is 14.5 Å². The summed E-state index contributed by atoms with van der Waals surface area (Å²) in [5.41, 5.74) is 1.83. The number of hydrogen-bond acceptors (Lipinski definition) is 4. The normalized spacial score (nSPS) is 20.4. The molecule has 2 heterocycles. The van der Waals surface area contributed by atoms with E-state index in [1.54, 1.807) is 0 Å². The quantitative estimate of drug-likeness (QED) is 0.820. The van der Waals surface area contributed by atoms with Gasteiger partial charge in [-0.25, -0.2) is 0 Å². The molecule has 0 spiro atoms. The molecule has 1 aromatic rings. The first kappa shape index (κ1) is 17.9. The number of carbonyl (C=O) groups is 2. The largest absolute Gasteiger partial charge is 0.378 e. The SMILES string of the molecule is Cc1cccc(C(=O)N2CCN(C(C)C(=O)N3CCOCC3)CC2)c1. The van der Waals surface area contributed by atoms with Gasteiger partial charge >= 0.3 is 0 Å². The van der Waals surface area contributed by atoms with Crippen LogP contribution in [-0.2, 0) is 9.53 Å². The number of ether oxygens (including phenoxy) is 1. The van der Waals surface area contributed by atoms with Crippen LogP contribution in [0, 0.1) is 6.92 Å². The molecule has 6 nitrogen and oxygen atoms in total. The molecule has 0 saturated carbocycles. The molecule has 2 fully saturated rings. The minimum absolute atomic E-state index is 0.0792. The van der Waals surface area contributed by atoms with E-state index in [0.717, 1.165) is 24.2 Å². The highest BCUT2D eigenvalue weighted by Crippen LogP contribution is 2.14. The van der Waals surface area contributed by atoms with Gasteiger partial charge in [0.1, 0.15) is 0 Å². The number of hydrogen-bond donors (Lipinski definition) is 0. The summed E-state index contributed by atoms with van der Waals surface area (Å²) in [5, 5.41) is 0. The number of rotatable bonds is 3. The highest BCUT2D eigenvalue weighted by Gasteiger charge is 2.30. The predicted octanol–water partition coefficient (Wildman–Crippen LogP) is 1.00. The number of nitrogens with zero attached hydrogens (tertiary/aromatic N) is 3. The lowest BCUT2D eigenvalue weighted by atomic mass is 10.1. The fraction of sp³-hybridized carbons (Fsp3) is 0.579. The first-order chi connectivity index (χ1) is 12.1. The fourth-order valence-corrected chi connectivity index (χ4v) is 3.48. The summed E-state index contributed by atoms with van der Waals surface area (Å²) in [5.74, 6) is 0.247. The lowest BCUT2D eigenvalue weighted by molar-refractivity contribution is -0.141. The Morgan fingerprint density at radius 1 is 1.00 bits per heavy atom. The van der Waals surface area contributed by atoms with E-state index >= 15 is 0 Å². The van der Waals surface area contributed by atoms with Crippen molar-refractivity contribution in [3.05, 3.63) is 35.4 Å². The van der Waals surface area contributed by atoms with Crippen molar-refractivity contribution < 1.29 is 14.3 Å². The standard InChI is InChI=1S/C19H27N3O3/c1-15-4-3-5-17(14-15)19(24)21-8-6-20(7-9-21)16(2)18(23)22-10-12-25-13-11-22/h3-5,14,16H,6-13H2,1-2H3. The predicted molar refractivity (Wildman–Crippen MR) is 95.5 cm³/mol. The van der Waals surface area contributed by atoms with E-state index in [-0.39, 0.29) is 17.9 Å². The monoisotopic (exact) mass is 345 g/mol. The smallest absolute Gasteiger partial charge is 0.253 e. The number of aryl methyl sites for hydroxylation is 1. The molecule has 6 heteroatoms. The van der Waals surface area contributed by atoms with E-state index < -0.39 is 0 Å². The van der Waals surface area contributed by atoms with Gasteiger partial charge in [-0.2, -0.15) is 0 Å². The van der Waals surface area contributed by atoms with Crippen molar-refractivity contribution in [3.8, 4) is 0 Å². The summed E-state index contributed by atoms with van der Waals surface area (Å²) < 4.78 is 5.31. The van der Waals surface area contributed by atoms with Crippen molar-refractivity contribution in [1.29, 1.82) is 0 Å². The molecule has 3 rings (SSSR count). The Labute approximate surface area is 149 Å². The molecule has 1 unspecified atom stereocenters. The molecule has 2 amide bonds. The second kappa shape index (κ2) is 7.97. The third-order valence-electron chi connectivity index (χ3n) is 5.09. The molecule has 0 bridgehead atoms. The molecule has 136 valence electrons. The Hall–Kier alpha value is -1.92. The summed E-state index contributed by atoms with van der Waals surface area (Å²) in [6, 6.07) is 7.57. The Morgan fingerprint density at radius 2 is 1.68 bits per heavy atom. The zero-order chi connectivity index (χ0) is 17.8. The van der Waals surface area contributed by atoms with Crippen molar-refractivity contribution >= 4 is 11.8 Å². The maximum atomic E-state index is 12.6. The molecule has 2 aliphatic rings. The van der Waals surface area contributed by atoms with Crippen molar-refractivity contribution in [2.45, 2.75) is 19.9 Å².